The summed E-state index contributed by atoms with van der Waals surface area (Å²) in [5.41, 5.74) is 0.186. The van der Waals surface area contributed by atoms with Gasteiger partial charge in [-0.05, 0) is 48.3 Å². The summed E-state index contributed by atoms with van der Waals surface area (Å²) in [6.07, 6.45) is 1.54. The van der Waals surface area contributed by atoms with Gasteiger partial charge in [-0.25, -0.2) is 0 Å². The molecule has 1 N–H and O–H groups in total. The van der Waals surface area contributed by atoms with Crippen molar-refractivity contribution in [2.75, 3.05) is 13.7 Å². The minimum atomic E-state index is -0.275. The Balaban J connectivity index is 2.80. The molecule has 0 atom stereocenters. The SMILES string of the molecule is CCC(C)(C)NC(=O)COc1c(Br)cc(C=O)cc1OC. The van der Waals surface area contributed by atoms with E-state index in [9.17, 15) is 9.59 Å². The van der Waals surface area contributed by atoms with E-state index in [0.717, 1.165) is 6.42 Å². The smallest absolute Gasteiger partial charge is 0.258 e. The molecule has 0 aliphatic heterocycles. The fourth-order valence-corrected chi connectivity index (χ4v) is 2.16. The van der Waals surface area contributed by atoms with E-state index >= 15 is 0 Å². The van der Waals surface area contributed by atoms with Crippen LogP contribution in [0, 0.1) is 0 Å². The standard InChI is InChI=1S/C15H20BrNO4/c1-5-15(2,3)17-13(19)9-21-14-11(16)6-10(8-18)7-12(14)20-4/h6-8H,5,9H2,1-4H3,(H,17,19). The molecule has 0 aromatic heterocycles. The molecule has 116 valence electrons. The van der Waals surface area contributed by atoms with Crippen LogP contribution in [-0.2, 0) is 4.79 Å². The number of aldehydes is 1. The van der Waals surface area contributed by atoms with Crippen molar-refractivity contribution in [1.29, 1.82) is 0 Å². The molecule has 0 aliphatic rings. The van der Waals surface area contributed by atoms with Crippen molar-refractivity contribution in [2.45, 2.75) is 32.7 Å². The van der Waals surface area contributed by atoms with Crippen LogP contribution in [-0.4, -0.2) is 31.4 Å². The lowest BCUT2D eigenvalue weighted by atomic mass is 10.0. The lowest BCUT2D eigenvalue weighted by Gasteiger charge is -2.24. The Morgan fingerprint density at radius 1 is 1.43 bits per heavy atom. The van der Waals surface area contributed by atoms with Crippen LogP contribution in [0.15, 0.2) is 16.6 Å². The molecular formula is C15H20BrNO4. The molecule has 5 nitrogen and oxygen atoms in total. The van der Waals surface area contributed by atoms with E-state index in [2.05, 4.69) is 21.2 Å². The van der Waals surface area contributed by atoms with Gasteiger partial charge in [0.1, 0.15) is 6.29 Å². The first-order valence-electron chi connectivity index (χ1n) is 6.59. The third-order valence-corrected chi connectivity index (χ3v) is 3.69. The highest BCUT2D eigenvalue weighted by atomic mass is 79.9. The predicted molar refractivity (Wildman–Crippen MR) is 84.1 cm³/mol. The van der Waals surface area contributed by atoms with Gasteiger partial charge in [0.2, 0.25) is 0 Å². The zero-order chi connectivity index (χ0) is 16.0. The van der Waals surface area contributed by atoms with Gasteiger partial charge in [-0.3, -0.25) is 9.59 Å². The molecule has 0 saturated carbocycles. The molecule has 0 radical (unpaired) electrons. The third kappa shape index (κ3) is 5.04. The van der Waals surface area contributed by atoms with Gasteiger partial charge in [0.05, 0.1) is 11.6 Å². The number of methoxy groups -OCH3 is 1. The van der Waals surface area contributed by atoms with Gasteiger partial charge in [-0.15, -0.1) is 0 Å². The fraction of sp³-hybridized carbons (Fsp3) is 0.467. The highest BCUT2D eigenvalue weighted by Gasteiger charge is 2.19. The van der Waals surface area contributed by atoms with E-state index in [0.29, 0.717) is 27.8 Å². The second-order valence-electron chi connectivity index (χ2n) is 5.23. The Labute approximate surface area is 133 Å². The number of nitrogens with one attached hydrogen (secondary N) is 1. The van der Waals surface area contributed by atoms with Crippen LogP contribution in [0.1, 0.15) is 37.6 Å². The van der Waals surface area contributed by atoms with Crippen LogP contribution in [0.4, 0.5) is 0 Å². The molecule has 0 heterocycles. The van der Waals surface area contributed by atoms with Crippen molar-refractivity contribution in [1.82, 2.24) is 5.32 Å². The minimum Gasteiger partial charge on any atom is -0.493 e. The first-order valence-corrected chi connectivity index (χ1v) is 7.38. The summed E-state index contributed by atoms with van der Waals surface area (Å²) in [6.45, 7) is 5.76. The topological polar surface area (TPSA) is 64.6 Å². The van der Waals surface area contributed by atoms with Gasteiger partial charge >= 0.3 is 0 Å². The van der Waals surface area contributed by atoms with Crippen molar-refractivity contribution < 1.29 is 19.1 Å². The van der Waals surface area contributed by atoms with Crippen molar-refractivity contribution in [2.24, 2.45) is 0 Å². The molecule has 0 aliphatic carbocycles. The lowest BCUT2D eigenvalue weighted by Crippen LogP contribution is -2.44. The van der Waals surface area contributed by atoms with Crippen molar-refractivity contribution in [3.63, 3.8) is 0 Å². The molecule has 0 spiro atoms. The molecule has 0 unspecified atom stereocenters. The summed E-state index contributed by atoms with van der Waals surface area (Å²) in [7, 11) is 1.48. The fourth-order valence-electron chi connectivity index (χ4n) is 1.59. The van der Waals surface area contributed by atoms with Crippen LogP contribution >= 0.6 is 15.9 Å². The number of rotatable bonds is 7. The molecule has 1 aromatic rings. The zero-order valence-electron chi connectivity index (χ0n) is 12.7. The van der Waals surface area contributed by atoms with E-state index in [1.165, 1.54) is 7.11 Å². The monoisotopic (exact) mass is 357 g/mol. The van der Waals surface area contributed by atoms with E-state index in [-0.39, 0.29) is 18.1 Å². The highest BCUT2D eigenvalue weighted by molar-refractivity contribution is 9.10. The Kier molecular flexibility index (Phi) is 6.20. The van der Waals surface area contributed by atoms with Gasteiger partial charge in [0.15, 0.2) is 18.1 Å². The van der Waals surface area contributed by atoms with E-state index < -0.39 is 0 Å². The molecule has 1 rings (SSSR count). The first kappa shape index (κ1) is 17.5. The molecule has 6 heteroatoms. The summed E-state index contributed by atoms with van der Waals surface area (Å²) >= 11 is 3.31. The van der Waals surface area contributed by atoms with Crippen LogP contribution in [0.3, 0.4) is 0 Å². The minimum absolute atomic E-state index is 0.126. The van der Waals surface area contributed by atoms with Crippen molar-refractivity contribution >= 4 is 28.1 Å². The summed E-state index contributed by atoms with van der Waals surface area (Å²) in [6, 6.07) is 3.17. The van der Waals surface area contributed by atoms with Gasteiger partial charge in [0, 0.05) is 11.1 Å². The van der Waals surface area contributed by atoms with Crippen LogP contribution in [0.25, 0.3) is 0 Å². The predicted octanol–water partition coefficient (Wildman–Crippen LogP) is 2.95. The maximum absolute atomic E-state index is 11.9. The maximum Gasteiger partial charge on any atom is 0.258 e. The van der Waals surface area contributed by atoms with Crippen molar-refractivity contribution in [3.05, 3.63) is 22.2 Å². The van der Waals surface area contributed by atoms with Gasteiger partial charge in [-0.1, -0.05) is 6.92 Å². The second-order valence-corrected chi connectivity index (χ2v) is 6.08. The number of ether oxygens (including phenoxy) is 2. The number of carbonyl (C=O) groups excluding carboxylic acids is 2. The van der Waals surface area contributed by atoms with Crippen LogP contribution < -0.4 is 14.8 Å². The molecule has 1 amide bonds. The second kappa shape index (κ2) is 7.45. The molecular weight excluding hydrogens is 338 g/mol. The Bertz CT molecular complexity index is 529. The van der Waals surface area contributed by atoms with Crippen LogP contribution in [0.2, 0.25) is 0 Å². The number of carbonyl (C=O) groups is 2. The van der Waals surface area contributed by atoms with E-state index in [1.807, 2.05) is 20.8 Å². The normalized spacial score (nSPS) is 10.9. The molecule has 1 aromatic carbocycles. The number of hydrogen-bond donors (Lipinski definition) is 1. The number of halogens is 1. The number of amides is 1. The average Bonchev–Trinajstić information content (AvgIpc) is 2.44. The number of benzene rings is 1. The highest BCUT2D eigenvalue weighted by Crippen LogP contribution is 2.36. The Morgan fingerprint density at radius 3 is 2.62 bits per heavy atom. The summed E-state index contributed by atoms with van der Waals surface area (Å²) < 4.78 is 11.2. The largest absolute Gasteiger partial charge is 0.493 e. The molecule has 0 fully saturated rings. The quantitative estimate of drug-likeness (QED) is 0.762. The molecule has 0 bridgehead atoms. The zero-order valence-corrected chi connectivity index (χ0v) is 14.2. The third-order valence-electron chi connectivity index (χ3n) is 3.10. The maximum atomic E-state index is 11.9. The average molecular weight is 358 g/mol. The summed E-state index contributed by atoms with van der Waals surface area (Å²) in [5, 5.41) is 2.88. The molecule has 21 heavy (non-hydrogen) atoms. The van der Waals surface area contributed by atoms with Crippen molar-refractivity contribution in [3.8, 4) is 11.5 Å². The summed E-state index contributed by atoms with van der Waals surface area (Å²) in [4.78, 5) is 22.7. The van der Waals surface area contributed by atoms with Gasteiger partial charge < -0.3 is 14.8 Å². The van der Waals surface area contributed by atoms with Gasteiger partial charge in [-0.2, -0.15) is 0 Å². The van der Waals surface area contributed by atoms with E-state index in [4.69, 9.17) is 9.47 Å². The van der Waals surface area contributed by atoms with E-state index in [1.54, 1.807) is 12.1 Å². The van der Waals surface area contributed by atoms with Gasteiger partial charge in [0.25, 0.3) is 5.91 Å². The molecule has 0 saturated heterocycles. The Morgan fingerprint density at radius 2 is 2.10 bits per heavy atom. The Hall–Kier alpha value is -1.56. The lowest BCUT2D eigenvalue weighted by molar-refractivity contribution is -0.124. The van der Waals surface area contributed by atoms with Crippen LogP contribution in [0.5, 0.6) is 11.5 Å². The first-order chi connectivity index (χ1) is 9.82. The number of hydrogen-bond acceptors (Lipinski definition) is 4. The summed E-state index contributed by atoms with van der Waals surface area (Å²) in [5.74, 6) is 0.580.